The molecule has 262 valence electrons. The summed E-state index contributed by atoms with van der Waals surface area (Å²) in [4.78, 5) is 28.3. The number of aliphatic hydroxyl groups excluding tert-OH is 2. The van der Waals surface area contributed by atoms with E-state index in [0.29, 0.717) is 30.6 Å². The summed E-state index contributed by atoms with van der Waals surface area (Å²) >= 11 is 0. The van der Waals surface area contributed by atoms with Crippen molar-refractivity contribution in [2.75, 3.05) is 29.9 Å². The minimum absolute atomic E-state index is 0.0814. The van der Waals surface area contributed by atoms with E-state index in [1.165, 1.54) is 64.2 Å². The van der Waals surface area contributed by atoms with Crippen LogP contribution in [0.4, 0.5) is 25.3 Å². The molecule has 19 heteroatoms. The number of benzene rings is 2. The summed E-state index contributed by atoms with van der Waals surface area (Å²) in [6.07, 6.45) is -4.52. The van der Waals surface area contributed by atoms with Crippen molar-refractivity contribution in [2.24, 2.45) is 0 Å². The Balaban J connectivity index is 1.27. The monoisotopic (exact) mass is 693 g/mol. The maximum Gasteiger partial charge on any atom is 0.404 e. The number of nitrogens with one attached hydrogen (secondary N) is 2. The van der Waals surface area contributed by atoms with Crippen molar-refractivity contribution in [1.82, 2.24) is 45.0 Å². The van der Waals surface area contributed by atoms with Crippen LogP contribution in [-0.4, -0.2) is 104 Å². The Bertz CT molecular complexity index is 1950. The molecule has 0 aliphatic carbocycles. The number of aryl methyl sites for hydroxylation is 1. The lowest BCUT2D eigenvalue weighted by molar-refractivity contribution is -0.0384. The number of ether oxygens (including phenoxy) is 1. The maximum atomic E-state index is 13.9. The zero-order chi connectivity index (χ0) is 35.2. The lowest BCUT2D eigenvalue weighted by atomic mass is 9.86. The lowest BCUT2D eigenvalue weighted by Crippen LogP contribution is -2.37. The van der Waals surface area contributed by atoms with E-state index in [-0.39, 0.29) is 41.8 Å². The standard InChI is InChI=1S/C31H33F2N11O6/c1-2-44-40-26(39-41-44)24-22(45)23(46)28(50-24)43-15-35-21-25(37-29(38-27(21)43)42-12-11-20(13-42)36-30(47)48)34-14-31(49,16-3-7-18(32)8-4-16)17-5-9-19(33)10-6-17/h3-10,15,20,22-24,28,36,45-46,49H,2,11-14H2,1H3,(H,47,48)(H,34,37,38)/t20-,22+,23-,24+,28-/m1/s1. The highest BCUT2D eigenvalue weighted by molar-refractivity contribution is 5.84. The van der Waals surface area contributed by atoms with Gasteiger partial charge in [-0.05, 0) is 54.0 Å². The molecule has 2 aliphatic rings. The minimum Gasteiger partial charge on any atom is -0.465 e. The normalized spacial score (nSPS) is 22.4. The predicted molar refractivity (Wildman–Crippen MR) is 170 cm³/mol. The molecule has 5 atom stereocenters. The van der Waals surface area contributed by atoms with Gasteiger partial charge in [-0.15, -0.1) is 10.2 Å². The van der Waals surface area contributed by atoms with Gasteiger partial charge in [0.2, 0.25) is 11.8 Å². The molecule has 50 heavy (non-hydrogen) atoms. The molecule has 0 bridgehead atoms. The van der Waals surface area contributed by atoms with Crippen molar-refractivity contribution in [3.05, 3.63) is 83.4 Å². The molecule has 1 amide bonds. The minimum atomic E-state index is -1.81. The molecular weight excluding hydrogens is 660 g/mol. The van der Waals surface area contributed by atoms with Crippen LogP contribution in [0.3, 0.4) is 0 Å². The quantitative estimate of drug-likeness (QED) is 0.121. The van der Waals surface area contributed by atoms with Gasteiger partial charge in [0.25, 0.3) is 0 Å². The van der Waals surface area contributed by atoms with Crippen LogP contribution < -0.4 is 15.5 Å². The second-order valence-electron chi connectivity index (χ2n) is 12.1. The highest BCUT2D eigenvalue weighted by Crippen LogP contribution is 2.39. The molecular formula is C31H33F2N11O6. The molecule has 0 unspecified atom stereocenters. The first-order chi connectivity index (χ1) is 24.0. The molecule has 3 aromatic heterocycles. The molecule has 5 heterocycles. The van der Waals surface area contributed by atoms with Gasteiger partial charge in [0.05, 0.1) is 25.5 Å². The van der Waals surface area contributed by atoms with Crippen molar-refractivity contribution < 1.29 is 38.7 Å². The van der Waals surface area contributed by atoms with Gasteiger partial charge in [-0.1, -0.05) is 24.3 Å². The fourth-order valence-electron chi connectivity index (χ4n) is 6.23. The highest BCUT2D eigenvalue weighted by Gasteiger charge is 2.47. The summed E-state index contributed by atoms with van der Waals surface area (Å²) in [5.74, 6) is -0.602. The van der Waals surface area contributed by atoms with E-state index in [1.807, 2.05) is 6.92 Å². The van der Waals surface area contributed by atoms with Gasteiger partial charge in [0, 0.05) is 13.1 Å². The number of carboxylic acid groups (broad SMARTS) is 1. The molecule has 7 rings (SSSR count). The molecule has 17 nitrogen and oxygen atoms in total. The number of halogens is 2. The summed E-state index contributed by atoms with van der Waals surface area (Å²) in [6.45, 7) is 2.66. The van der Waals surface area contributed by atoms with Gasteiger partial charge >= 0.3 is 6.09 Å². The number of nitrogens with zero attached hydrogens (tertiary/aromatic N) is 9. The van der Waals surface area contributed by atoms with E-state index < -0.39 is 53.9 Å². The molecule has 2 saturated heterocycles. The van der Waals surface area contributed by atoms with E-state index in [1.54, 1.807) is 4.90 Å². The number of imidazole rings is 1. The third-order valence-corrected chi connectivity index (χ3v) is 8.88. The van der Waals surface area contributed by atoms with Crippen LogP contribution in [0.5, 0.6) is 0 Å². The first kappa shape index (κ1) is 33.1. The van der Waals surface area contributed by atoms with Gasteiger partial charge in [0.15, 0.2) is 29.3 Å². The zero-order valence-electron chi connectivity index (χ0n) is 26.5. The third-order valence-electron chi connectivity index (χ3n) is 8.88. The van der Waals surface area contributed by atoms with Crippen molar-refractivity contribution in [2.45, 2.75) is 56.1 Å². The van der Waals surface area contributed by atoms with Crippen LogP contribution in [0.2, 0.25) is 0 Å². The van der Waals surface area contributed by atoms with Crippen molar-refractivity contribution in [3.63, 3.8) is 0 Å². The first-order valence-electron chi connectivity index (χ1n) is 15.8. The predicted octanol–water partition coefficient (Wildman–Crippen LogP) is 1.30. The maximum absolute atomic E-state index is 13.9. The topological polar surface area (TPSA) is 222 Å². The zero-order valence-corrected chi connectivity index (χ0v) is 26.5. The van der Waals surface area contributed by atoms with E-state index in [2.05, 4.69) is 31.0 Å². The Morgan fingerprint density at radius 3 is 2.34 bits per heavy atom. The van der Waals surface area contributed by atoms with E-state index in [9.17, 15) is 34.0 Å². The van der Waals surface area contributed by atoms with Crippen LogP contribution in [0.1, 0.15) is 42.6 Å². The molecule has 6 N–H and O–H groups in total. The summed E-state index contributed by atoms with van der Waals surface area (Å²) < 4.78 is 35.3. The molecule has 2 aliphatic heterocycles. The molecule has 0 radical (unpaired) electrons. The number of hydrogen-bond acceptors (Lipinski definition) is 13. The molecule has 0 spiro atoms. The summed E-state index contributed by atoms with van der Waals surface area (Å²) in [7, 11) is 0. The molecule has 2 aromatic carbocycles. The first-order valence-corrected chi connectivity index (χ1v) is 15.8. The van der Waals surface area contributed by atoms with Crippen LogP contribution >= 0.6 is 0 Å². The van der Waals surface area contributed by atoms with E-state index >= 15 is 0 Å². The summed E-state index contributed by atoms with van der Waals surface area (Å²) in [5, 5.41) is 61.1. The molecule has 2 fully saturated rings. The number of hydrogen-bond donors (Lipinski definition) is 6. The van der Waals surface area contributed by atoms with Gasteiger partial charge < -0.3 is 40.7 Å². The second kappa shape index (κ2) is 13.2. The number of amides is 1. The van der Waals surface area contributed by atoms with Crippen LogP contribution in [0.15, 0.2) is 54.9 Å². The van der Waals surface area contributed by atoms with Gasteiger partial charge in [-0.25, -0.2) is 18.6 Å². The Labute approximate surface area is 282 Å². The van der Waals surface area contributed by atoms with Crippen molar-refractivity contribution in [3.8, 4) is 0 Å². The van der Waals surface area contributed by atoms with Crippen LogP contribution in [-0.2, 0) is 16.9 Å². The second-order valence-corrected chi connectivity index (χ2v) is 12.1. The number of anilines is 2. The number of aliphatic hydroxyl groups is 3. The van der Waals surface area contributed by atoms with E-state index in [4.69, 9.17) is 14.7 Å². The fourth-order valence-corrected chi connectivity index (χ4v) is 6.23. The van der Waals surface area contributed by atoms with E-state index in [0.717, 1.165) is 0 Å². The summed E-state index contributed by atoms with van der Waals surface area (Å²) in [6, 6.07) is 10.1. The van der Waals surface area contributed by atoms with Crippen LogP contribution in [0.25, 0.3) is 11.2 Å². The number of fused-ring (bicyclic) bond motifs is 1. The Kier molecular flexibility index (Phi) is 8.72. The Morgan fingerprint density at radius 1 is 1.04 bits per heavy atom. The SMILES string of the molecule is CCn1nnc([C@H]2O[C@@H](n3cnc4c(NCC(O)(c5ccc(F)cc5)c5ccc(F)cc5)nc(N5CC[C@@H](NC(=O)O)C5)nc43)[C@H](O)[C@@H]2O)n1. The number of aromatic nitrogens is 8. The van der Waals surface area contributed by atoms with Crippen molar-refractivity contribution >= 4 is 29.0 Å². The molecule has 0 saturated carbocycles. The fraction of sp³-hybridized carbons (Fsp3) is 0.387. The van der Waals surface area contributed by atoms with Crippen LogP contribution in [0, 0.1) is 11.6 Å². The third kappa shape index (κ3) is 6.15. The smallest absolute Gasteiger partial charge is 0.404 e. The van der Waals surface area contributed by atoms with Gasteiger partial charge in [-0.3, -0.25) is 4.57 Å². The number of carbonyl (C=O) groups is 1. The largest absolute Gasteiger partial charge is 0.465 e. The lowest BCUT2D eigenvalue weighted by Gasteiger charge is -2.30. The number of tetrazole rings is 1. The Hall–Kier alpha value is -5.37. The van der Waals surface area contributed by atoms with Gasteiger partial charge in [-0.2, -0.15) is 14.8 Å². The Morgan fingerprint density at radius 2 is 1.72 bits per heavy atom. The summed E-state index contributed by atoms with van der Waals surface area (Å²) in [5.41, 5.74) is -0.796. The number of rotatable bonds is 10. The van der Waals surface area contributed by atoms with Crippen molar-refractivity contribution in [1.29, 1.82) is 0 Å². The molecule has 5 aromatic rings. The average molecular weight is 694 g/mol. The average Bonchev–Trinajstić information content (AvgIpc) is 3.91. The highest BCUT2D eigenvalue weighted by atomic mass is 19.1. The van der Waals surface area contributed by atoms with Gasteiger partial charge in [0.1, 0.15) is 29.4 Å².